The molecule has 0 aromatic carbocycles. The number of rotatable bonds is 3. The lowest BCUT2D eigenvalue weighted by Crippen LogP contribution is -2.14. The highest BCUT2D eigenvalue weighted by atomic mass is 127. The van der Waals surface area contributed by atoms with Gasteiger partial charge < -0.3 is 22.5 Å². The topological polar surface area (TPSA) is 121 Å². The molecule has 0 unspecified atom stereocenters. The van der Waals surface area contributed by atoms with Gasteiger partial charge in [0, 0.05) is 42.7 Å². The molecule has 90 valence electrons. The number of hydrogen-bond acceptors (Lipinski definition) is 7. The minimum absolute atomic E-state index is 0.268. The zero-order valence-electron chi connectivity index (χ0n) is 8.59. The molecule has 0 atom stereocenters. The summed E-state index contributed by atoms with van der Waals surface area (Å²) >= 11 is 2.16. The molecule has 2 heterocycles. The van der Waals surface area contributed by atoms with Gasteiger partial charge in [-0.3, -0.25) is 3.97 Å². The van der Waals surface area contributed by atoms with Crippen LogP contribution in [0.25, 0.3) is 11.0 Å². The van der Waals surface area contributed by atoms with Crippen LogP contribution >= 0.6 is 30.3 Å². The SMILES string of the molecule is N/C=C(\N)Nc1nc(N)c2ccn(SI)c2n1. The van der Waals surface area contributed by atoms with Crippen molar-refractivity contribution in [3.8, 4) is 0 Å². The molecular formula is C8H10IN7S. The first-order valence-electron chi connectivity index (χ1n) is 4.53. The van der Waals surface area contributed by atoms with E-state index in [1.165, 1.54) is 15.3 Å². The van der Waals surface area contributed by atoms with Crippen molar-refractivity contribution in [1.82, 2.24) is 13.9 Å². The van der Waals surface area contributed by atoms with Gasteiger partial charge in [0.05, 0.1) is 5.39 Å². The van der Waals surface area contributed by atoms with Gasteiger partial charge in [-0.15, -0.1) is 0 Å². The quantitative estimate of drug-likeness (QED) is 0.600. The Bertz CT molecular complexity index is 579. The van der Waals surface area contributed by atoms with E-state index < -0.39 is 0 Å². The first kappa shape index (κ1) is 12.1. The lowest BCUT2D eigenvalue weighted by Gasteiger charge is -2.06. The number of nitrogens with one attached hydrogen (secondary N) is 1. The zero-order valence-corrected chi connectivity index (χ0v) is 11.6. The van der Waals surface area contributed by atoms with Gasteiger partial charge in [-0.2, -0.15) is 9.97 Å². The molecule has 17 heavy (non-hydrogen) atoms. The summed E-state index contributed by atoms with van der Waals surface area (Å²) in [5.74, 6) is 0.982. The van der Waals surface area contributed by atoms with Gasteiger partial charge in [-0.1, -0.05) is 0 Å². The molecule has 9 heteroatoms. The molecule has 2 aromatic heterocycles. The average molecular weight is 363 g/mol. The van der Waals surface area contributed by atoms with Crippen molar-refractivity contribution in [3.05, 3.63) is 24.3 Å². The highest BCUT2D eigenvalue weighted by molar-refractivity contribution is 14.2. The summed E-state index contributed by atoms with van der Waals surface area (Å²) in [4.78, 5) is 8.40. The van der Waals surface area contributed by atoms with Crippen LogP contribution < -0.4 is 22.5 Å². The minimum Gasteiger partial charge on any atom is -0.402 e. The Morgan fingerprint density at radius 2 is 2.29 bits per heavy atom. The number of halogens is 1. The van der Waals surface area contributed by atoms with E-state index in [0.29, 0.717) is 11.8 Å². The molecule has 2 aromatic rings. The Kier molecular flexibility index (Phi) is 3.47. The Morgan fingerprint density at radius 1 is 1.53 bits per heavy atom. The molecule has 0 bridgehead atoms. The molecule has 0 aliphatic carbocycles. The summed E-state index contributed by atoms with van der Waals surface area (Å²) in [6.45, 7) is 0. The monoisotopic (exact) mass is 363 g/mol. The van der Waals surface area contributed by atoms with E-state index in [9.17, 15) is 0 Å². The largest absolute Gasteiger partial charge is 0.402 e. The first-order chi connectivity index (χ1) is 8.15. The molecule has 0 amide bonds. The second-order valence-electron chi connectivity index (χ2n) is 3.13. The maximum atomic E-state index is 5.83. The van der Waals surface area contributed by atoms with Gasteiger partial charge >= 0.3 is 0 Å². The Balaban J connectivity index is 2.52. The smallest absolute Gasteiger partial charge is 0.232 e. The molecule has 0 radical (unpaired) electrons. The standard InChI is InChI=1S/C8H10IN7S/c9-17-16-2-1-4-6(12)14-8(15-7(4)16)13-5(11)3-10/h1-3H,10-11H2,(H3,12,13,14,15)/b5-3+. The summed E-state index contributed by atoms with van der Waals surface area (Å²) in [5, 5.41) is 3.55. The van der Waals surface area contributed by atoms with Crippen LogP contribution in [0.2, 0.25) is 0 Å². The predicted octanol–water partition coefficient (Wildman–Crippen LogP) is 0.988. The Hall–Kier alpha value is -1.36. The number of fused-ring (bicyclic) bond motifs is 1. The van der Waals surface area contributed by atoms with Crippen molar-refractivity contribution >= 4 is 53.1 Å². The average Bonchev–Trinajstić information content (AvgIpc) is 2.72. The molecule has 0 aliphatic rings. The molecule has 0 fully saturated rings. The highest BCUT2D eigenvalue weighted by Gasteiger charge is 2.09. The van der Waals surface area contributed by atoms with Crippen LogP contribution in [0, 0.1) is 0 Å². The number of aromatic nitrogens is 3. The van der Waals surface area contributed by atoms with Gasteiger partial charge in [0.2, 0.25) is 5.95 Å². The molecule has 0 saturated heterocycles. The van der Waals surface area contributed by atoms with Crippen molar-refractivity contribution in [2.75, 3.05) is 11.1 Å². The number of anilines is 2. The Labute approximate surface area is 114 Å². The summed E-state index contributed by atoms with van der Waals surface area (Å²) < 4.78 is 1.88. The summed E-state index contributed by atoms with van der Waals surface area (Å²) in [6, 6.07) is 1.86. The molecule has 0 saturated carbocycles. The minimum atomic E-state index is 0.268. The molecule has 7 nitrogen and oxygen atoms in total. The number of nitrogen functional groups attached to an aromatic ring is 1. The Morgan fingerprint density at radius 3 is 2.94 bits per heavy atom. The third-order valence-corrected chi connectivity index (χ3v) is 3.77. The highest BCUT2D eigenvalue weighted by Crippen LogP contribution is 2.27. The third kappa shape index (κ3) is 2.34. The van der Waals surface area contributed by atoms with Crippen LogP contribution in [0.5, 0.6) is 0 Å². The van der Waals surface area contributed by atoms with E-state index in [-0.39, 0.29) is 5.82 Å². The van der Waals surface area contributed by atoms with E-state index in [1.807, 2.05) is 16.2 Å². The number of hydrogen-bond donors (Lipinski definition) is 4. The summed E-state index contributed by atoms with van der Waals surface area (Å²) in [7, 11) is 1.49. The predicted molar refractivity (Wildman–Crippen MR) is 79.0 cm³/mol. The van der Waals surface area contributed by atoms with Crippen LogP contribution in [0.1, 0.15) is 0 Å². The zero-order chi connectivity index (χ0) is 12.4. The van der Waals surface area contributed by atoms with E-state index in [4.69, 9.17) is 17.2 Å². The summed E-state index contributed by atoms with van der Waals surface area (Å²) in [6.07, 6.45) is 3.11. The van der Waals surface area contributed by atoms with Crippen LogP contribution in [0.3, 0.4) is 0 Å². The number of nitrogens with two attached hydrogens (primary N) is 3. The van der Waals surface area contributed by atoms with Crippen LogP contribution in [-0.4, -0.2) is 13.9 Å². The molecular weight excluding hydrogens is 353 g/mol. The fraction of sp³-hybridized carbons (Fsp3) is 0. The lowest BCUT2D eigenvalue weighted by molar-refractivity contribution is 1.14. The first-order valence-corrected chi connectivity index (χ1v) is 7.85. The van der Waals surface area contributed by atoms with E-state index in [1.54, 1.807) is 0 Å². The van der Waals surface area contributed by atoms with Crippen molar-refractivity contribution in [1.29, 1.82) is 0 Å². The van der Waals surface area contributed by atoms with Crippen LogP contribution in [-0.2, 0) is 0 Å². The van der Waals surface area contributed by atoms with Gasteiger partial charge in [0.15, 0.2) is 5.65 Å². The molecule has 0 aliphatic heterocycles. The van der Waals surface area contributed by atoms with Gasteiger partial charge in [0.1, 0.15) is 11.6 Å². The van der Waals surface area contributed by atoms with Crippen LogP contribution in [0.4, 0.5) is 11.8 Å². The number of nitrogens with zero attached hydrogens (tertiary/aromatic N) is 3. The van der Waals surface area contributed by atoms with Gasteiger partial charge in [0.25, 0.3) is 0 Å². The molecule has 0 spiro atoms. The van der Waals surface area contributed by atoms with Crippen molar-refractivity contribution in [2.24, 2.45) is 11.5 Å². The second-order valence-corrected chi connectivity index (χ2v) is 4.84. The second kappa shape index (κ2) is 4.87. The van der Waals surface area contributed by atoms with Gasteiger partial charge in [-0.25, -0.2) is 0 Å². The summed E-state index contributed by atoms with van der Waals surface area (Å²) in [5.41, 5.74) is 17.4. The van der Waals surface area contributed by atoms with Crippen molar-refractivity contribution < 1.29 is 0 Å². The maximum Gasteiger partial charge on any atom is 0.232 e. The third-order valence-electron chi connectivity index (χ3n) is 2.05. The van der Waals surface area contributed by atoms with E-state index in [0.717, 1.165) is 11.0 Å². The molecule has 2 rings (SSSR count). The van der Waals surface area contributed by atoms with Crippen molar-refractivity contribution in [2.45, 2.75) is 0 Å². The lowest BCUT2D eigenvalue weighted by atomic mass is 10.4. The molecule has 7 N–H and O–H groups in total. The fourth-order valence-electron chi connectivity index (χ4n) is 1.30. The van der Waals surface area contributed by atoms with Crippen molar-refractivity contribution in [3.63, 3.8) is 0 Å². The van der Waals surface area contributed by atoms with Gasteiger partial charge in [-0.05, 0) is 6.07 Å². The fourth-order valence-corrected chi connectivity index (χ4v) is 2.56. The van der Waals surface area contributed by atoms with Crippen LogP contribution in [0.15, 0.2) is 24.3 Å². The normalized spacial score (nSPS) is 11.9. The maximum absolute atomic E-state index is 5.83. The van der Waals surface area contributed by atoms with E-state index in [2.05, 4.69) is 36.5 Å². The van der Waals surface area contributed by atoms with E-state index >= 15 is 0 Å².